The molecule has 1 N–H and O–H groups in total. The summed E-state index contributed by atoms with van der Waals surface area (Å²) in [4.78, 5) is 12.4. The Kier molecular flexibility index (Phi) is 5.41. The Morgan fingerprint density at radius 1 is 1.41 bits per heavy atom. The van der Waals surface area contributed by atoms with Crippen molar-refractivity contribution >= 4 is 5.91 Å². The van der Waals surface area contributed by atoms with Crippen LogP contribution in [-0.4, -0.2) is 21.7 Å². The van der Waals surface area contributed by atoms with Gasteiger partial charge in [-0.2, -0.15) is 5.10 Å². The summed E-state index contributed by atoms with van der Waals surface area (Å²) in [6, 6.07) is 5.81. The van der Waals surface area contributed by atoms with Crippen LogP contribution >= 0.6 is 0 Å². The zero-order chi connectivity index (χ0) is 16.1. The lowest BCUT2D eigenvalue weighted by molar-refractivity contribution is 0.0927. The van der Waals surface area contributed by atoms with Crippen LogP contribution in [0, 0.1) is 0 Å². The van der Waals surface area contributed by atoms with Gasteiger partial charge in [0, 0.05) is 19.0 Å². The fourth-order valence-electron chi connectivity index (χ4n) is 2.33. The number of hydrogen-bond donors (Lipinski definition) is 1. The highest BCUT2D eigenvalue weighted by atomic mass is 16.3. The van der Waals surface area contributed by atoms with Crippen LogP contribution < -0.4 is 5.32 Å². The van der Waals surface area contributed by atoms with Gasteiger partial charge in [0.2, 0.25) is 0 Å². The molecule has 2 aromatic heterocycles. The van der Waals surface area contributed by atoms with Crippen molar-refractivity contribution in [3.63, 3.8) is 0 Å². The molecule has 0 aliphatic rings. The van der Waals surface area contributed by atoms with Gasteiger partial charge < -0.3 is 9.73 Å². The first kappa shape index (κ1) is 16.3. The Bertz CT molecular complexity index is 599. The monoisotopic (exact) mass is 303 g/mol. The first-order valence-electron chi connectivity index (χ1n) is 7.92. The van der Waals surface area contributed by atoms with Crippen molar-refractivity contribution in [3.05, 3.63) is 41.6 Å². The first-order valence-corrected chi connectivity index (χ1v) is 7.92. The second kappa shape index (κ2) is 7.29. The standard InChI is InChI=1S/C17H25N3O2/c1-5-20-16(11-15(19-20)12(2)3)17(21)18-13(4)8-9-14-7-6-10-22-14/h6-7,10-13H,5,8-9H2,1-4H3,(H,18,21)/t13-/m1/s1. The van der Waals surface area contributed by atoms with Crippen molar-refractivity contribution in [3.8, 4) is 0 Å². The number of carbonyl (C=O) groups is 1. The number of furan rings is 1. The zero-order valence-corrected chi connectivity index (χ0v) is 13.8. The van der Waals surface area contributed by atoms with Gasteiger partial charge in [-0.1, -0.05) is 13.8 Å². The van der Waals surface area contributed by atoms with Gasteiger partial charge in [-0.05, 0) is 44.4 Å². The topological polar surface area (TPSA) is 60.1 Å². The molecule has 0 radical (unpaired) electrons. The van der Waals surface area contributed by atoms with Crippen LogP contribution in [0.15, 0.2) is 28.9 Å². The molecule has 0 fully saturated rings. The number of hydrogen-bond acceptors (Lipinski definition) is 3. The smallest absolute Gasteiger partial charge is 0.269 e. The molecular formula is C17H25N3O2. The minimum Gasteiger partial charge on any atom is -0.469 e. The Hall–Kier alpha value is -2.04. The maximum atomic E-state index is 12.4. The van der Waals surface area contributed by atoms with E-state index < -0.39 is 0 Å². The summed E-state index contributed by atoms with van der Waals surface area (Å²) in [5, 5.41) is 7.53. The van der Waals surface area contributed by atoms with E-state index in [0.29, 0.717) is 18.2 Å². The number of carbonyl (C=O) groups excluding carboxylic acids is 1. The van der Waals surface area contributed by atoms with Crippen LogP contribution in [0.3, 0.4) is 0 Å². The van der Waals surface area contributed by atoms with E-state index in [1.54, 1.807) is 10.9 Å². The van der Waals surface area contributed by atoms with E-state index in [2.05, 4.69) is 24.3 Å². The molecule has 0 bridgehead atoms. The molecule has 0 saturated heterocycles. The maximum Gasteiger partial charge on any atom is 0.269 e. The molecule has 2 rings (SSSR count). The SMILES string of the molecule is CCn1nc(C(C)C)cc1C(=O)N[C@H](C)CCc1ccco1. The molecule has 5 heteroatoms. The molecule has 5 nitrogen and oxygen atoms in total. The average Bonchev–Trinajstić information content (AvgIpc) is 3.14. The van der Waals surface area contributed by atoms with Crippen LogP contribution in [-0.2, 0) is 13.0 Å². The van der Waals surface area contributed by atoms with Crippen LogP contribution in [0.25, 0.3) is 0 Å². The van der Waals surface area contributed by atoms with Crippen molar-refractivity contribution in [2.75, 3.05) is 0 Å². The Morgan fingerprint density at radius 3 is 2.77 bits per heavy atom. The number of aryl methyl sites for hydroxylation is 2. The second-order valence-electron chi connectivity index (χ2n) is 5.92. The van der Waals surface area contributed by atoms with Gasteiger partial charge in [-0.15, -0.1) is 0 Å². The number of amides is 1. The van der Waals surface area contributed by atoms with E-state index >= 15 is 0 Å². The third-order valence-electron chi connectivity index (χ3n) is 3.70. The Labute approximate surface area is 131 Å². The fourth-order valence-corrected chi connectivity index (χ4v) is 2.33. The lowest BCUT2D eigenvalue weighted by Gasteiger charge is -2.13. The third kappa shape index (κ3) is 4.00. The molecule has 0 aliphatic heterocycles. The highest BCUT2D eigenvalue weighted by molar-refractivity contribution is 5.92. The van der Waals surface area contributed by atoms with E-state index in [9.17, 15) is 4.79 Å². The van der Waals surface area contributed by atoms with Crippen molar-refractivity contribution in [1.29, 1.82) is 0 Å². The summed E-state index contributed by atoms with van der Waals surface area (Å²) in [5.41, 5.74) is 1.59. The zero-order valence-electron chi connectivity index (χ0n) is 13.8. The van der Waals surface area contributed by atoms with Crippen LogP contribution in [0.2, 0.25) is 0 Å². The van der Waals surface area contributed by atoms with Crippen molar-refractivity contribution < 1.29 is 9.21 Å². The summed E-state index contributed by atoms with van der Waals surface area (Å²) in [6.07, 6.45) is 3.33. The van der Waals surface area contributed by atoms with Gasteiger partial charge in [0.15, 0.2) is 0 Å². The van der Waals surface area contributed by atoms with Gasteiger partial charge in [-0.3, -0.25) is 9.48 Å². The van der Waals surface area contributed by atoms with E-state index in [1.807, 2.05) is 32.0 Å². The summed E-state index contributed by atoms with van der Waals surface area (Å²) in [7, 11) is 0. The normalized spacial score (nSPS) is 12.6. The fraction of sp³-hybridized carbons (Fsp3) is 0.529. The minimum atomic E-state index is -0.0619. The third-order valence-corrected chi connectivity index (χ3v) is 3.70. The summed E-state index contributed by atoms with van der Waals surface area (Å²) in [6.45, 7) is 8.85. The number of nitrogens with zero attached hydrogens (tertiary/aromatic N) is 2. The van der Waals surface area contributed by atoms with Crippen molar-refractivity contribution in [1.82, 2.24) is 15.1 Å². The summed E-state index contributed by atoms with van der Waals surface area (Å²) >= 11 is 0. The quantitative estimate of drug-likeness (QED) is 0.853. The van der Waals surface area contributed by atoms with E-state index in [-0.39, 0.29) is 11.9 Å². The predicted molar refractivity (Wildman–Crippen MR) is 85.9 cm³/mol. The number of rotatable bonds is 7. The molecule has 120 valence electrons. The molecule has 0 spiro atoms. The van der Waals surface area contributed by atoms with Crippen molar-refractivity contribution in [2.24, 2.45) is 0 Å². The molecule has 0 aromatic carbocycles. The van der Waals surface area contributed by atoms with Gasteiger partial charge in [0.25, 0.3) is 5.91 Å². The van der Waals surface area contributed by atoms with Gasteiger partial charge in [-0.25, -0.2) is 0 Å². The second-order valence-corrected chi connectivity index (χ2v) is 5.92. The lowest BCUT2D eigenvalue weighted by atomic mass is 10.1. The predicted octanol–water partition coefficient (Wildman–Crippen LogP) is 3.37. The highest BCUT2D eigenvalue weighted by Gasteiger charge is 2.17. The largest absolute Gasteiger partial charge is 0.469 e. The molecule has 2 heterocycles. The maximum absolute atomic E-state index is 12.4. The molecule has 22 heavy (non-hydrogen) atoms. The van der Waals surface area contributed by atoms with E-state index in [1.165, 1.54) is 0 Å². The molecule has 0 unspecified atom stereocenters. The molecule has 2 aromatic rings. The number of nitrogens with one attached hydrogen (secondary N) is 1. The van der Waals surface area contributed by atoms with Crippen molar-refractivity contribution in [2.45, 2.75) is 59.0 Å². The van der Waals surface area contributed by atoms with Gasteiger partial charge in [0.05, 0.1) is 12.0 Å². The van der Waals surface area contributed by atoms with Crippen LogP contribution in [0.5, 0.6) is 0 Å². The Morgan fingerprint density at radius 2 is 2.18 bits per heavy atom. The summed E-state index contributed by atoms with van der Waals surface area (Å²) < 4.78 is 7.08. The summed E-state index contributed by atoms with van der Waals surface area (Å²) in [5.74, 6) is 1.20. The van der Waals surface area contributed by atoms with Crippen LogP contribution in [0.4, 0.5) is 0 Å². The van der Waals surface area contributed by atoms with E-state index in [0.717, 1.165) is 24.3 Å². The highest BCUT2D eigenvalue weighted by Crippen LogP contribution is 2.15. The first-order chi connectivity index (χ1) is 10.5. The molecule has 1 amide bonds. The molecule has 0 saturated carbocycles. The number of aromatic nitrogens is 2. The van der Waals surface area contributed by atoms with Crippen LogP contribution in [0.1, 0.15) is 62.0 Å². The van der Waals surface area contributed by atoms with E-state index in [4.69, 9.17) is 4.42 Å². The minimum absolute atomic E-state index is 0.0619. The van der Waals surface area contributed by atoms with Gasteiger partial charge in [0.1, 0.15) is 11.5 Å². The average molecular weight is 303 g/mol. The molecular weight excluding hydrogens is 278 g/mol. The lowest BCUT2D eigenvalue weighted by Crippen LogP contribution is -2.34. The molecule has 1 atom stereocenters. The van der Waals surface area contributed by atoms with Gasteiger partial charge >= 0.3 is 0 Å². The molecule has 0 aliphatic carbocycles. The Balaban J connectivity index is 1.96.